The van der Waals surface area contributed by atoms with Crippen molar-refractivity contribution in [2.75, 3.05) is 5.32 Å². The van der Waals surface area contributed by atoms with Gasteiger partial charge in [0, 0.05) is 21.6 Å². The number of thiophene rings is 1. The SMILES string of the molecule is FC(F)(F)c1ccc(Br)cc1NCc1ccc(Br)s1. The molecule has 0 fully saturated rings. The van der Waals surface area contributed by atoms with Gasteiger partial charge in [0.15, 0.2) is 0 Å². The van der Waals surface area contributed by atoms with Crippen molar-refractivity contribution < 1.29 is 13.2 Å². The first-order valence-electron chi connectivity index (χ1n) is 5.21. The van der Waals surface area contributed by atoms with E-state index in [-0.39, 0.29) is 5.69 Å². The number of alkyl halides is 3. The summed E-state index contributed by atoms with van der Waals surface area (Å²) in [6, 6.07) is 7.62. The molecule has 1 N–H and O–H groups in total. The summed E-state index contributed by atoms with van der Waals surface area (Å²) >= 11 is 7.99. The van der Waals surface area contributed by atoms with Crippen LogP contribution in [0.3, 0.4) is 0 Å². The van der Waals surface area contributed by atoms with Gasteiger partial charge in [0.1, 0.15) is 0 Å². The van der Waals surface area contributed by atoms with Gasteiger partial charge in [-0.05, 0) is 46.3 Å². The molecule has 0 saturated carbocycles. The molecule has 7 heteroatoms. The van der Waals surface area contributed by atoms with Gasteiger partial charge in [0.2, 0.25) is 0 Å². The number of hydrogen-bond donors (Lipinski definition) is 1. The monoisotopic (exact) mass is 413 g/mol. The standard InChI is InChI=1S/C12H8Br2F3NS/c13-7-1-3-9(12(15,16)17)10(5-7)18-6-8-2-4-11(14)19-8/h1-5,18H,6H2. The van der Waals surface area contributed by atoms with E-state index in [0.717, 1.165) is 14.7 Å². The molecular weight excluding hydrogens is 407 g/mol. The lowest BCUT2D eigenvalue weighted by atomic mass is 10.1. The van der Waals surface area contributed by atoms with E-state index in [2.05, 4.69) is 37.2 Å². The molecule has 2 rings (SSSR count). The van der Waals surface area contributed by atoms with E-state index in [1.165, 1.54) is 23.5 Å². The van der Waals surface area contributed by atoms with Crippen LogP contribution in [0.1, 0.15) is 10.4 Å². The highest BCUT2D eigenvalue weighted by molar-refractivity contribution is 9.11. The van der Waals surface area contributed by atoms with Crippen molar-refractivity contribution in [3.63, 3.8) is 0 Å². The summed E-state index contributed by atoms with van der Waals surface area (Å²) in [5, 5.41) is 2.83. The Bertz CT molecular complexity index is 581. The third-order valence-electron chi connectivity index (χ3n) is 2.37. The summed E-state index contributed by atoms with van der Waals surface area (Å²) in [7, 11) is 0. The molecule has 0 saturated heterocycles. The first-order chi connectivity index (χ1) is 8.86. The molecule has 1 aromatic carbocycles. The highest BCUT2D eigenvalue weighted by Gasteiger charge is 2.33. The zero-order valence-corrected chi connectivity index (χ0v) is 13.4. The average Bonchev–Trinajstić information content (AvgIpc) is 2.71. The molecule has 2 aromatic rings. The summed E-state index contributed by atoms with van der Waals surface area (Å²) in [5.74, 6) is 0. The van der Waals surface area contributed by atoms with Crippen LogP contribution in [0.2, 0.25) is 0 Å². The van der Waals surface area contributed by atoms with Crippen LogP contribution in [0, 0.1) is 0 Å². The first-order valence-corrected chi connectivity index (χ1v) is 7.61. The number of halogens is 5. The molecule has 0 spiro atoms. The second-order valence-corrected chi connectivity index (χ2v) is 7.21. The van der Waals surface area contributed by atoms with Gasteiger partial charge in [-0.15, -0.1) is 11.3 Å². The van der Waals surface area contributed by atoms with E-state index in [4.69, 9.17) is 0 Å². The van der Waals surface area contributed by atoms with Crippen LogP contribution in [-0.2, 0) is 12.7 Å². The summed E-state index contributed by atoms with van der Waals surface area (Å²) in [4.78, 5) is 0.958. The van der Waals surface area contributed by atoms with Crippen molar-refractivity contribution in [2.24, 2.45) is 0 Å². The molecule has 0 radical (unpaired) electrons. The van der Waals surface area contributed by atoms with Gasteiger partial charge in [-0.1, -0.05) is 15.9 Å². The maximum absolute atomic E-state index is 12.8. The van der Waals surface area contributed by atoms with Crippen molar-refractivity contribution in [1.29, 1.82) is 0 Å². The first kappa shape index (κ1) is 14.9. The van der Waals surface area contributed by atoms with Gasteiger partial charge in [-0.2, -0.15) is 13.2 Å². The minimum absolute atomic E-state index is 0.0754. The number of benzene rings is 1. The maximum atomic E-state index is 12.8. The molecular formula is C12H8Br2F3NS. The van der Waals surface area contributed by atoms with Gasteiger partial charge >= 0.3 is 6.18 Å². The van der Waals surface area contributed by atoms with Crippen LogP contribution in [-0.4, -0.2) is 0 Å². The molecule has 0 unspecified atom stereocenters. The van der Waals surface area contributed by atoms with Crippen molar-refractivity contribution in [2.45, 2.75) is 12.7 Å². The lowest BCUT2D eigenvalue weighted by Crippen LogP contribution is -2.10. The average molecular weight is 415 g/mol. The molecule has 0 bridgehead atoms. The molecule has 1 nitrogen and oxygen atoms in total. The Morgan fingerprint density at radius 3 is 2.42 bits per heavy atom. The van der Waals surface area contributed by atoms with Crippen LogP contribution < -0.4 is 5.32 Å². The van der Waals surface area contributed by atoms with Crippen LogP contribution in [0.25, 0.3) is 0 Å². The van der Waals surface area contributed by atoms with Crippen molar-refractivity contribution >= 4 is 48.9 Å². The van der Waals surface area contributed by atoms with Crippen LogP contribution in [0.5, 0.6) is 0 Å². The smallest absolute Gasteiger partial charge is 0.380 e. The van der Waals surface area contributed by atoms with E-state index in [0.29, 0.717) is 11.0 Å². The molecule has 0 aliphatic rings. The van der Waals surface area contributed by atoms with Crippen molar-refractivity contribution in [1.82, 2.24) is 0 Å². The fourth-order valence-corrected chi connectivity index (χ4v) is 3.32. The van der Waals surface area contributed by atoms with Crippen LogP contribution >= 0.6 is 43.2 Å². The fourth-order valence-electron chi connectivity index (χ4n) is 1.54. The third kappa shape index (κ3) is 3.97. The van der Waals surface area contributed by atoms with Gasteiger partial charge in [-0.25, -0.2) is 0 Å². The third-order valence-corrected chi connectivity index (χ3v) is 4.49. The van der Waals surface area contributed by atoms with E-state index in [9.17, 15) is 13.2 Å². The van der Waals surface area contributed by atoms with Gasteiger partial charge in [0.25, 0.3) is 0 Å². The van der Waals surface area contributed by atoms with Gasteiger partial charge in [0.05, 0.1) is 9.35 Å². The number of nitrogens with one attached hydrogen (secondary N) is 1. The Kier molecular flexibility index (Phi) is 4.58. The molecule has 1 heterocycles. The zero-order chi connectivity index (χ0) is 14.0. The van der Waals surface area contributed by atoms with Gasteiger partial charge < -0.3 is 5.32 Å². The highest BCUT2D eigenvalue weighted by Crippen LogP contribution is 2.36. The van der Waals surface area contributed by atoms with Gasteiger partial charge in [-0.3, -0.25) is 0 Å². The Balaban J connectivity index is 2.21. The fraction of sp³-hybridized carbons (Fsp3) is 0.167. The predicted molar refractivity (Wildman–Crippen MR) is 78.5 cm³/mol. The molecule has 19 heavy (non-hydrogen) atoms. The minimum Gasteiger partial charge on any atom is -0.380 e. The van der Waals surface area contributed by atoms with Crippen LogP contribution in [0.15, 0.2) is 38.6 Å². The van der Waals surface area contributed by atoms with Crippen molar-refractivity contribution in [3.8, 4) is 0 Å². The zero-order valence-electron chi connectivity index (χ0n) is 9.39. The molecule has 0 atom stereocenters. The largest absolute Gasteiger partial charge is 0.418 e. The van der Waals surface area contributed by atoms with E-state index in [1.807, 2.05) is 12.1 Å². The number of anilines is 1. The normalized spacial score (nSPS) is 11.6. The Morgan fingerprint density at radius 1 is 1.11 bits per heavy atom. The molecule has 0 aliphatic carbocycles. The Labute approximate surface area is 129 Å². The second-order valence-electron chi connectivity index (χ2n) is 3.75. The minimum atomic E-state index is -4.36. The molecule has 0 aliphatic heterocycles. The molecule has 102 valence electrons. The summed E-state index contributed by atoms with van der Waals surface area (Å²) in [6.45, 7) is 0.357. The quantitative estimate of drug-likeness (QED) is 0.658. The topological polar surface area (TPSA) is 12.0 Å². The Hall–Kier alpha value is -0.530. The van der Waals surface area contributed by atoms with Crippen LogP contribution in [0.4, 0.5) is 18.9 Å². The number of rotatable bonds is 3. The predicted octanol–water partition coefficient (Wildman–Crippen LogP) is 5.90. The van der Waals surface area contributed by atoms with E-state index in [1.54, 1.807) is 0 Å². The summed E-state index contributed by atoms with van der Waals surface area (Å²) < 4.78 is 40.1. The van der Waals surface area contributed by atoms with E-state index >= 15 is 0 Å². The van der Waals surface area contributed by atoms with Crippen molar-refractivity contribution in [3.05, 3.63) is 49.0 Å². The summed E-state index contributed by atoms with van der Waals surface area (Å²) in [5.41, 5.74) is -0.585. The molecule has 1 aromatic heterocycles. The molecule has 0 amide bonds. The summed E-state index contributed by atoms with van der Waals surface area (Å²) in [6.07, 6.45) is -4.36. The second kappa shape index (κ2) is 5.85. The highest BCUT2D eigenvalue weighted by atomic mass is 79.9. The lowest BCUT2D eigenvalue weighted by molar-refractivity contribution is -0.137. The lowest BCUT2D eigenvalue weighted by Gasteiger charge is -2.14. The van der Waals surface area contributed by atoms with E-state index < -0.39 is 11.7 Å². The maximum Gasteiger partial charge on any atom is 0.418 e. The number of hydrogen-bond acceptors (Lipinski definition) is 2. The Morgan fingerprint density at radius 2 is 1.84 bits per heavy atom.